The fraction of sp³-hybridized carbons (Fsp3) is 0.458. The van der Waals surface area contributed by atoms with Crippen molar-refractivity contribution in [1.29, 1.82) is 0 Å². The number of fused-ring (bicyclic) bond motifs is 1. The number of hydrogen-bond acceptors (Lipinski definition) is 4. The van der Waals surface area contributed by atoms with Gasteiger partial charge in [0.05, 0.1) is 32.7 Å². The van der Waals surface area contributed by atoms with Crippen LogP contribution >= 0.6 is 0 Å². The number of carbonyl (C=O) groups excluding carboxylic acids is 1. The van der Waals surface area contributed by atoms with Gasteiger partial charge < -0.3 is 24.2 Å². The average molecular weight is 411 g/mol. The molecule has 2 aliphatic rings. The number of para-hydroxylation sites is 2. The Morgan fingerprint density at radius 2 is 1.83 bits per heavy atom. The number of rotatable bonds is 5. The van der Waals surface area contributed by atoms with Crippen molar-refractivity contribution < 1.29 is 19.2 Å². The third-order valence-electron chi connectivity index (χ3n) is 6.26. The molecule has 0 aromatic heterocycles. The predicted molar refractivity (Wildman–Crippen MR) is 118 cm³/mol. The molecule has 2 aromatic rings. The van der Waals surface area contributed by atoms with Crippen LogP contribution in [-0.4, -0.2) is 69.8 Å². The van der Waals surface area contributed by atoms with Gasteiger partial charge in [-0.2, -0.15) is 0 Å². The number of benzene rings is 2. The Bertz CT molecular complexity index is 893. The van der Waals surface area contributed by atoms with Gasteiger partial charge in [0.2, 0.25) is 0 Å². The van der Waals surface area contributed by atoms with Crippen molar-refractivity contribution in [3.8, 4) is 11.5 Å². The molecule has 160 valence electrons. The van der Waals surface area contributed by atoms with E-state index in [-0.39, 0.29) is 12.0 Å². The Hall–Kier alpha value is -2.73. The maximum absolute atomic E-state index is 12.8. The minimum atomic E-state index is -0.134. The van der Waals surface area contributed by atoms with Crippen LogP contribution in [0, 0.1) is 13.8 Å². The molecule has 0 bridgehead atoms. The summed E-state index contributed by atoms with van der Waals surface area (Å²) < 4.78 is 11.8. The molecule has 2 aliphatic heterocycles. The first kappa shape index (κ1) is 20.5. The molecule has 1 amide bonds. The van der Waals surface area contributed by atoms with Crippen LogP contribution < -0.4 is 19.3 Å². The van der Waals surface area contributed by atoms with Crippen LogP contribution in [0.5, 0.6) is 11.5 Å². The van der Waals surface area contributed by atoms with E-state index in [4.69, 9.17) is 9.47 Å². The van der Waals surface area contributed by atoms with Gasteiger partial charge in [0, 0.05) is 12.7 Å². The van der Waals surface area contributed by atoms with E-state index in [1.165, 1.54) is 21.7 Å². The summed E-state index contributed by atoms with van der Waals surface area (Å²) in [6.45, 7) is 9.80. The standard InChI is InChI=1S/C24H31N3O3/c1-18-7-6-8-21(19(18)2)27-13-11-26(12-14-27)16-24(28)25(3)15-20-17-29-22-9-4-5-10-23(22)30-20/h4-10,20H,11-17H2,1-3H3/p+1/t20-/m0/s1. The smallest absolute Gasteiger partial charge is 0.277 e. The van der Waals surface area contributed by atoms with Crippen LogP contribution in [0.1, 0.15) is 11.1 Å². The first-order valence-corrected chi connectivity index (χ1v) is 10.8. The van der Waals surface area contributed by atoms with E-state index >= 15 is 0 Å². The zero-order chi connectivity index (χ0) is 21.1. The van der Waals surface area contributed by atoms with E-state index in [9.17, 15) is 4.79 Å². The third-order valence-corrected chi connectivity index (χ3v) is 6.26. The van der Waals surface area contributed by atoms with Crippen LogP contribution in [0.4, 0.5) is 5.69 Å². The van der Waals surface area contributed by atoms with Gasteiger partial charge in [-0.3, -0.25) is 4.79 Å². The highest BCUT2D eigenvalue weighted by Crippen LogP contribution is 2.31. The number of nitrogens with one attached hydrogen (secondary N) is 1. The summed E-state index contributed by atoms with van der Waals surface area (Å²) in [6, 6.07) is 14.2. The fourth-order valence-corrected chi connectivity index (χ4v) is 4.23. The van der Waals surface area contributed by atoms with Crippen LogP contribution in [0.2, 0.25) is 0 Å². The highest BCUT2D eigenvalue weighted by Gasteiger charge is 2.27. The molecule has 2 heterocycles. The Labute approximate surface area is 179 Å². The van der Waals surface area contributed by atoms with Crippen LogP contribution in [0.25, 0.3) is 0 Å². The molecule has 1 atom stereocenters. The Balaban J connectivity index is 1.25. The SMILES string of the molecule is Cc1cccc(N2CC[NH+](CC(=O)N(C)C[C@H]3COc4ccccc4O3)CC2)c1C. The summed E-state index contributed by atoms with van der Waals surface area (Å²) >= 11 is 0. The number of nitrogens with zero attached hydrogens (tertiary/aromatic N) is 2. The summed E-state index contributed by atoms with van der Waals surface area (Å²) in [7, 11) is 1.86. The summed E-state index contributed by atoms with van der Waals surface area (Å²) in [6.07, 6.45) is -0.134. The molecule has 6 nitrogen and oxygen atoms in total. The third kappa shape index (κ3) is 4.54. The molecule has 0 spiro atoms. The fourth-order valence-electron chi connectivity index (χ4n) is 4.23. The molecular weight excluding hydrogens is 378 g/mol. The molecule has 1 saturated heterocycles. The molecule has 2 aromatic carbocycles. The Kier molecular flexibility index (Phi) is 6.13. The van der Waals surface area contributed by atoms with E-state index in [0.717, 1.165) is 37.7 Å². The maximum Gasteiger partial charge on any atom is 0.277 e. The summed E-state index contributed by atoms with van der Waals surface area (Å²) in [4.78, 5) is 18.4. The average Bonchev–Trinajstić information content (AvgIpc) is 2.76. The number of hydrogen-bond donors (Lipinski definition) is 1. The topological polar surface area (TPSA) is 46.5 Å². The summed E-state index contributed by atoms with van der Waals surface area (Å²) in [5.74, 6) is 1.68. The number of amides is 1. The van der Waals surface area contributed by atoms with Crippen LogP contribution in [-0.2, 0) is 4.79 Å². The van der Waals surface area contributed by atoms with E-state index in [1.54, 1.807) is 4.90 Å². The van der Waals surface area contributed by atoms with E-state index in [1.807, 2.05) is 31.3 Å². The van der Waals surface area contributed by atoms with Gasteiger partial charge in [0.15, 0.2) is 24.1 Å². The zero-order valence-corrected chi connectivity index (χ0v) is 18.2. The van der Waals surface area contributed by atoms with Crippen molar-refractivity contribution in [2.75, 3.05) is 57.8 Å². The van der Waals surface area contributed by atoms with E-state index in [0.29, 0.717) is 19.7 Å². The lowest BCUT2D eigenvalue weighted by molar-refractivity contribution is -0.892. The van der Waals surface area contributed by atoms with Crippen molar-refractivity contribution in [3.05, 3.63) is 53.6 Å². The van der Waals surface area contributed by atoms with Gasteiger partial charge >= 0.3 is 0 Å². The Morgan fingerprint density at radius 3 is 2.60 bits per heavy atom. The molecule has 30 heavy (non-hydrogen) atoms. The second kappa shape index (κ2) is 8.96. The van der Waals surface area contributed by atoms with Crippen molar-refractivity contribution in [1.82, 2.24) is 4.90 Å². The van der Waals surface area contributed by atoms with E-state index < -0.39 is 0 Å². The van der Waals surface area contributed by atoms with Gasteiger partial charge in [-0.05, 0) is 43.2 Å². The number of piperazine rings is 1. The number of carbonyl (C=O) groups is 1. The molecule has 1 N–H and O–H groups in total. The Morgan fingerprint density at radius 1 is 1.10 bits per heavy atom. The van der Waals surface area contributed by atoms with Crippen molar-refractivity contribution >= 4 is 11.6 Å². The predicted octanol–water partition coefficient (Wildman–Crippen LogP) is 1.31. The monoisotopic (exact) mass is 410 g/mol. The molecule has 6 heteroatoms. The first-order valence-electron chi connectivity index (χ1n) is 10.8. The normalized spacial score (nSPS) is 18.9. The number of anilines is 1. The maximum atomic E-state index is 12.8. The van der Waals surface area contributed by atoms with Crippen molar-refractivity contribution in [3.63, 3.8) is 0 Å². The quantitative estimate of drug-likeness (QED) is 0.808. The van der Waals surface area contributed by atoms with Gasteiger partial charge in [-0.1, -0.05) is 24.3 Å². The molecular formula is C24H32N3O3+. The first-order chi connectivity index (χ1) is 14.5. The van der Waals surface area contributed by atoms with E-state index in [2.05, 4.69) is 36.9 Å². The number of quaternary nitrogens is 1. The lowest BCUT2D eigenvalue weighted by Crippen LogP contribution is -3.15. The highest BCUT2D eigenvalue weighted by atomic mass is 16.6. The molecule has 4 rings (SSSR count). The minimum absolute atomic E-state index is 0.134. The number of likely N-dealkylation sites (N-methyl/N-ethyl adjacent to an activating group) is 1. The van der Waals surface area contributed by atoms with Gasteiger partial charge in [-0.15, -0.1) is 0 Å². The van der Waals surface area contributed by atoms with Crippen LogP contribution in [0.15, 0.2) is 42.5 Å². The van der Waals surface area contributed by atoms with Crippen LogP contribution in [0.3, 0.4) is 0 Å². The number of aryl methyl sites for hydroxylation is 1. The van der Waals surface area contributed by atoms with Gasteiger partial charge in [-0.25, -0.2) is 0 Å². The second-order valence-electron chi connectivity index (χ2n) is 8.40. The molecule has 0 saturated carbocycles. The van der Waals surface area contributed by atoms with Crippen molar-refractivity contribution in [2.24, 2.45) is 0 Å². The van der Waals surface area contributed by atoms with Gasteiger partial charge in [0.1, 0.15) is 6.61 Å². The summed E-state index contributed by atoms with van der Waals surface area (Å²) in [5, 5.41) is 0. The molecule has 0 aliphatic carbocycles. The largest absolute Gasteiger partial charge is 0.486 e. The second-order valence-corrected chi connectivity index (χ2v) is 8.40. The number of ether oxygens (including phenoxy) is 2. The summed E-state index contributed by atoms with van der Waals surface area (Å²) in [5.41, 5.74) is 4.01. The van der Waals surface area contributed by atoms with Crippen molar-refractivity contribution in [2.45, 2.75) is 20.0 Å². The lowest BCUT2D eigenvalue weighted by atomic mass is 10.1. The minimum Gasteiger partial charge on any atom is -0.486 e. The molecule has 0 radical (unpaired) electrons. The highest BCUT2D eigenvalue weighted by molar-refractivity contribution is 5.76. The zero-order valence-electron chi connectivity index (χ0n) is 18.2. The molecule has 0 unspecified atom stereocenters. The lowest BCUT2D eigenvalue weighted by Gasteiger charge is -2.35. The van der Waals surface area contributed by atoms with Gasteiger partial charge in [0.25, 0.3) is 5.91 Å². The molecule has 1 fully saturated rings.